The predicted molar refractivity (Wildman–Crippen MR) is 73.1 cm³/mol. The number of aryl methyl sites for hydroxylation is 1. The molecule has 1 aromatic rings. The van der Waals surface area contributed by atoms with E-state index in [1.807, 2.05) is 0 Å². The van der Waals surface area contributed by atoms with Gasteiger partial charge in [-0.25, -0.2) is 4.39 Å². The summed E-state index contributed by atoms with van der Waals surface area (Å²) in [5.41, 5.74) is 0.918. The Bertz CT molecular complexity index is 604. The normalized spacial score (nSPS) is 22.8. The first kappa shape index (κ1) is 16.0. The molecule has 0 spiro atoms. The van der Waals surface area contributed by atoms with E-state index < -0.39 is 24.2 Å². The molecule has 0 bridgehead atoms. The van der Waals surface area contributed by atoms with Crippen molar-refractivity contribution in [1.29, 1.82) is 0 Å². The molecule has 0 aromatic heterocycles. The zero-order chi connectivity index (χ0) is 15.8. The maximum absolute atomic E-state index is 14.2. The average Bonchev–Trinajstić information content (AvgIpc) is 2.37. The van der Waals surface area contributed by atoms with Gasteiger partial charge < -0.3 is 0 Å². The topological polar surface area (TPSA) is 9.23 Å². The van der Waals surface area contributed by atoms with E-state index in [0.717, 1.165) is 0 Å². The van der Waals surface area contributed by atoms with Crippen molar-refractivity contribution in [3.63, 3.8) is 0 Å². The Hall–Kier alpha value is -1.33. The smallest absolute Gasteiger partial charge is 0.284 e. The molecule has 21 heavy (non-hydrogen) atoms. The molecule has 2 unspecified atom stereocenters. The van der Waals surface area contributed by atoms with Crippen molar-refractivity contribution in [2.24, 2.45) is 5.92 Å². The van der Waals surface area contributed by atoms with E-state index >= 15 is 0 Å². The van der Waals surface area contributed by atoms with Gasteiger partial charge in [-0.3, -0.25) is 4.74 Å². The number of benzene rings is 1. The highest BCUT2D eigenvalue weighted by Crippen LogP contribution is 2.39. The fraction of sp³-hybridized carbons (Fsp3) is 0.333. The molecule has 1 nitrogen and oxygen atoms in total. The van der Waals surface area contributed by atoms with Crippen LogP contribution in [0.1, 0.15) is 18.1 Å². The third-order valence-corrected chi connectivity index (χ3v) is 3.72. The molecule has 1 aliphatic rings. The first-order valence-corrected chi connectivity index (χ1v) is 6.66. The van der Waals surface area contributed by atoms with Crippen LogP contribution in [0, 0.1) is 18.7 Å². The molecule has 6 heteroatoms. The predicted octanol–water partition coefficient (Wildman–Crippen LogP) is 5.19. The van der Waals surface area contributed by atoms with Gasteiger partial charge in [0, 0.05) is 16.5 Å². The minimum Gasteiger partial charge on any atom is -0.284 e. The first-order valence-electron chi connectivity index (χ1n) is 6.28. The van der Waals surface area contributed by atoms with Crippen molar-refractivity contribution >= 4 is 17.2 Å². The number of alkyl halides is 3. The Kier molecular flexibility index (Phi) is 4.44. The number of halogens is 5. The van der Waals surface area contributed by atoms with Crippen molar-refractivity contribution in [3.05, 3.63) is 52.3 Å². The van der Waals surface area contributed by atoms with Crippen LogP contribution in [0.15, 0.2) is 35.4 Å². The van der Waals surface area contributed by atoms with E-state index in [-0.39, 0.29) is 10.6 Å². The number of rotatable bonds is 2. The lowest BCUT2D eigenvalue weighted by Crippen LogP contribution is -2.30. The van der Waals surface area contributed by atoms with Gasteiger partial charge in [0.1, 0.15) is 5.82 Å². The molecule has 0 aliphatic heterocycles. The largest absolute Gasteiger partial charge is 0.523 e. The molecule has 2 atom stereocenters. The van der Waals surface area contributed by atoms with Crippen LogP contribution in [0.2, 0.25) is 0 Å². The molecule has 0 amide bonds. The standard InChI is InChI=1S/C15H13ClF4O/c1-8-4-3-5-10(14(8)17)13-9(2)12(7-6-11(13)16)21-15(18,19)20/h3-7,9,12H,1-2H3. The Morgan fingerprint density at radius 3 is 2.52 bits per heavy atom. The Balaban J connectivity index is 2.42. The zero-order valence-electron chi connectivity index (χ0n) is 11.3. The molecular weight excluding hydrogens is 308 g/mol. The molecule has 0 N–H and O–H groups in total. The summed E-state index contributed by atoms with van der Waals surface area (Å²) >= 11 is 6.06. The highest BCUT2D eigenvalue weighted by Gasteiger charge is 2.38. The summed E-state index contributed by atoms with van der Waals surface area (Å²) in [5.74, 6) is -1.21. The Morgan fingerprint density at radius 2 is 1.90 bits per heavy atom. The van der Waals surface area contributed by atoms with E-state index in [1.165, 1.54) is 25.1 Å². The number of hydrogen-bond acceptors (Lipinski definition) is 1. The molecule has 1 aliphatic carbocycles. The second-order valence-corrected chi connectivity index (χ2v) is 5.28. The molecule has 2 rings (SSSR count). The van der Waals surface area contributed by atoms with Crippen molar-refractivity contribution in [2.45, 2.75) is 26.3 Å². The summed E-state index contributed by atoms with van der Waals surface area (Å²) in [4.78, 5) is 0. The van der Waals surface area contributed by atoms with Crippen LogP contribution in [-0.4, -0.2) is 12.5 Å². The van der Waals surface area contributed by atoms with Crippen LogP contribution < -0.4 is 0 Å². The quantitative estimate of drug-likeness (QED) is 0.681. The van der Waals surface area contributed by atoms with Gasteiger partial charge >= 0.3 is 6.36 Å². The van der Waals surface area contributed by atoms with Gasteiger partial charge in [-0.2, -0.15) is 0 Å². The summed E-state index contributed by atoms with van der Waals surface area (Å²) in [6.07, 6.45) is -3.45. The van der Waals surface area contributed by atoms with Crippen LogP contribution in [0.4, 0.5) is 17.6 Å². The third kappa shape index (κ3) is 3.47. The molecule has 0 saturated carbocycles. The fourth-order valence-corrected chi connectivity index (χ4v) is 2.69. The summed E-state index contributed by atoms with van der Waals surface area (Å²) in [5, 5.41) is 0.217. The molecule has 0 radical (unpaired) electrons. The van der Waals surface area contributed by atoms with Crippen molar-refractivity contribution in [1.82, 2.24) is 0 Å². The maximum Gasteiger partial charge on any atom is 0.523 e. The van der Waals surface area contributed by atoms with Gasteiger partial charge in [0.25, 0.3) is 0 Å². The summed E-state index contributed by atoms with van der Waals surface area (Å²) in [6, 6.07) is 4.72. The van der Waals surface area contributed by atoms with Gasteiger partial charge in [-0.1, -0.05) is 42.8 Å². The number of ether oxygens (including phenoxy) is 1. The maximum atomic E-state index is 14.2. The minimum atomic E-state index is -4.76. The van der Waals surface area contributed by atoms with Crippen LogP contribution in [0.5, 0.6) is 0 Å². The van der Waals surface area contributed by atoms with Crippen molar-refractivity contribution < 1.29 is 22.3 Å². The van der Waals surface area contributed by atoms with Crippen LogP contribution in [0.25, 0.3) is 5.57 Å². The Morgan fingerprint density at radius 1 is 1.24 bits per heavy atom. The van der Waals surface area contributed by atoms with E-state index in [0.29, 0.717) is 11.1 Å². The lowest BCUT2D eigenvalue weighted by molar-refractivity contribution is -0.339. The Labute approximate surface area is 124 Å². The molecule has 114 valence electrons. The van der Waals surface area contributed by atoms with Crippen LogP contribution in [-0.2, 0) is 4.74 Å². The second-order valence-electron chi connectivity index (χ2n) is 4.87. The highest BCUT2D eigenvalue weighted by molar-refractivity contribution is 6.34. The monoisotopic (exact) mass is 320 g/mol. The second kappa shape index (κ2) is 5.81. The van der Waals surface area contributed by atoms with E-state index in [1.54, 1.807) is 19.1 Å². The molecule has 0 fully saturated rings. The van der Waals surface area contributed by atoms with Gasteiger partial charge in [0.05, 0.1) is 6.10 Å². The molecule has 0 heterocycles. The van der Waals surface area contributed by atoms with E-state index in [4.69, 9.17) is 11.6 Å². The van der Waals surface area contributed by atoms with Gasteiger partial charge in [0.2, 0.25) is 0 Å². The average molecular weight is 321 g/mol. The highest BCUT2D eigenvalue weighted by atomic mass is 35.5. The lowest BCUT2D eigenvalue weighted by atomic mass is 9.85. The zero-order valence-corrected chi connectivity index (χ0v) is 12.1. The lowest BCUT2D eigenvalue weighted by Gasteiger charge is -2.29. The van der Waals surface area contributed by atoms with Gasteiger partial charge in [-0.15, -0.1) is 13.2 Å². The van der Waals surface area contributed by atoms with Crippen molar-refractivity contribution in [3.8, 4) is 0 Å². The van der Waals surface area contributed by atoms with Gasteiger partial charge in [0.15, 0.2) is 0 Å². The molecular formula is C15H13ClF4O. The minimum absolute atomic E-state index is 0.202. The summed E-state index contributed by atoms with van der Waals surface area (Å²) in [7, 11) is 0. The van der Waals surface area contributed by atoms with E-state index in [2.05, 4.69) is 4.74 Å². The SMILES string of the molecule is Cc1cccc(C2=C(Cl)C=CC(OC(F)(F)F)C2C)c1F. The summed E-state index contributed by atoms with van der Waals surface area (Å²) in [6.45, 7) is 3.11. The third-order valence-electron chi connectivity index (χ3n) is 3.39. The fourth-order valence-electron chi connectivity index (χ4n) is 2.34. The number of allylic oxidation sites excluding steroid dienone is 2. The van der Waals surface area contributed by atoms with Crippen LogP contribution >= 0.6 is 11.6 Å². The number of hydrogen-bond donors (Lipinski definition) is 0. The molecule has 1 aromatic carbocycles. The first-order chi connectivity index (χ1) is 9.70. The van der Waals surface area contributed by atoms with Crippen LogP contribution in [0.3, 0.4) is 0 Å². The van der Waals surface area contributed by atoms with Gasteiger partial charge in [-0.05, 0) is 24.1 Å². The van der Waals surface area contributed by atoms with Crippen molar-refractivity contribution in [2.75, 3.05) is 0 Å². The van der Waals surface area contributed by atoms with E-state index in [9.17, 15) is 17.6 Å². The molecule has 0 saturated heterocycles. The summed E-state index contributed by atoms with van der Waals surface area (Å²) < 4.78 is 55.5.